The van der Waals surface area contributed by atoms with Crippen molar-refractivity contribution in [2.24, 2.45) is 0 Å². The van der Waals surface area contributed by atoms with Crippen LogP contribution in [0.5, 0.6) is 5.75 Å². The van der Waals surface area contributed by atoms with E-state index in [0.717, 1.165) is 29.1 Å². The maximum Gasteiger partial charge on any atom is 0.418 e. The number of nitrogens with one attached hydrogen (secondary N) is 1. The fourth-order valence-electron chi connectivity index (χ4n) is 3.34. The molecule has 0 saturated carbocycles. The molecule has 1 aromatic heterocycles. The predicted molar refractivity (Wildman–Crippen MR) is 128 cm³/mol. The first-order chi connectivity index (χ1) is 16.8. The molecule has 3 aromatic carbocycles. The van der Waals surface area contributed by atoms with Crippen LogP contribution in [0.4, 0.5) is 18.9 Å². The number of hydrogen-bond acceptors (Lipinski definition) is 5. The van der Waals surface area contributed by atoms with Gasteiger partial charge in [-0.2, -0.15) is 13.2 Å². The molecule has 0 fully saturated rings. The van der Waals surface area contributed by atoms with Crippen LogP contribution in [-0.2, 0) is 17.6 Å². The van der Waals surface area contributed by atoms with E-state index in [1.807, 2.05) is 61.5 Å². The molecule has 1 N–H and O–H groups in total. The highest BCUT2D eigenvalue weighted by molar-refractivity contribution is 7.99. The Hall–Kier alpha value is -3.79. The first-order valence-electron chi connectivity index (χ1n) is 10.6. The Balaban J connectivity index is 1.51. The average molecular weight is 499 g/mol. The lowest BCUT2D eigenvalue weighted by atomic mass is 10.1. The first kappa shape index (κ1) is 24.3. The fourth-order valence-corrected chi connectivity index (χ4v) is 4.11. The Kier molecular flexibility index (Phi) is 7.40. The van der Waals surface area contributed by atoms with Gasteiger partial charge in [0.1, 0.15) is 12.4 Å². The number of aryl methyl sites for hydroxylation is 1. The van der Waals surface area contributed by atoms with Gasteiger partial charge in [0.2, 0.25) is 5.91 Å². The van der Waals surface area contributed by atoms with Crippen LogP contribution < -0.4 is 10.1 Å². The first-order valence-corrected chi connectivity index (χ1v) is 11.6. The number of carbonyl (C=O) groups excluding carboxylic acids is 1. The van der Waals surface area contributed by atoms with Gasteiger partial charge in [-0.1, -0.05) is 60.3 Å². The molecular formula is C25H21F3N4O2S. The van der Waals surface area contributed by atoms with Crippen molar-refractivity contribution in [3.63, 3.8) is 0 Å². The SMILES string of the molecule is Cc1ccccc1OCc1nnc(SCC(=O)Nc2ccccc2C(F)(F)F)n1-c1ccccc1. The number of benzene rings is 3. The Bertz CT molecular complexity index is 1310. The van der Waals surface area contributed by atoms with Crippen molar-refractivity contribution in [1.82, 2.24) is 14.8 Å². The van der Waals surface area contributed by atoms with Gasteiger partial charge >= 0.3 is 6.18 Å². The van der Waals surface area contributed by atoms with Crippen LogP contribution in [0.15, 0.2) is 84.0 Å². The minimum atomic E-state index is -4.57. The van der Waals surface area contributed by atoms with Crippen LogP contribution in [0, 0.1) is 6.92 Å². The molecule has 0 bridgehead atoms. The third kappa shape index (κ3) is 6.02. The number of thioether (sulfide) groups is 1. The van der Waals surface area contributed by atoms with Gasteiger partial charge in [-0.05, 0) is 42.8 Å². The standard InChI is InChI=1S/C25H21F3N4O2S/c1-17-9-5-8-14-21(17)34-15-22-30-31-24(32(22)18-10-3-2-4-11-18)35-16-23(33)29-20-13-7-6-12-19(20)25(26,27)28/h2-14H,15-16H2,1H3,(H,29,33). The van der Waals surface area contributed by atoms with Crippen LogP contribution in [0.25, 0.3) is 5.69 Å². The van der Waals surface area contributed by atoms with Crippen LogP contribution in [0.2, 0.25) is 0 Å². The Labute approximate surface area is 204 Å². The molecule has 180 valence electrons. The van der Waals surface area contributed by atoms with Crippen LogP contribution in [0.1, 0.15) is 17.0 Å². The van der Waals surface area contributed by atoms with Gasteiger partial charge in [0.25, 0.3) is 0 Å². The summed E-state index contributed by atoms with van der Waals surface area (Å²) in [6, 6.07) is 21.8. The average Bonchev–Trinajstić information content (AvgIpc) is 3.25. The van der Waals surface area contributed by atoms with E-state index in [0.29, 0.717) is 16.7 Å². The second-order valence-electron chi connectivity index (χ2n) is 7.50. The highest BCUT2D eigenvalue weighted by Gasteiger charge is 2.33. The van der Waals surface area contributed by atoms with Gasteiger partial charge in [0, 0.05) is 5.69 Å². The lowest BCUT2D eigenvalue weighted by Gasteiger charge is -2.14. The number of alkyl halides is 3. The topological polar surface area (TPSA) is 69.0 Å². The number of amides is 1. The molecule has 4 rings (SSSR count). The van der Waals surface area contributed by atoms with E-state index in [-0.39, 0.29) is 18.0 Å². The molecule has 0 saturated heterocycles. The lowest BCUT2D eigenvalue weighted by molar-refractivity contribution is -0.137. The van der Waals surface area contributed by atoms with E-state index in [4.69, 9.17) is 4.74 Å². The number of rotatable bonds is 8. The number of aromatic nitrogens is 3. The van der Waals surface area contributed by atoms with Gasteiger partial charge in [-0.3, -0.25) is 9.36 Å². The summed E-state index contributed by atoms with van der Waals surface area (Å²) in [5.74, 6) is 0.485. The van der Waals surface area contributed by atoms with Crippen LogP contribution >= 0.6 is 11.8 Å². The van der Waals surface area contributed by atoms with Gasteiger partial charge in [-0.25, -0.2) is 0 Å². The largest absolute Gasteiger partial charge is 0.485 e. The third-order valence-electron chi connectivity index (χ3n) is 5.00. The zero-order valence-electron chi connectivity index (χ0n) is 18.6. The molecular weight excluding hydrogens is 477 g/mol. The summed E-state index contributed by atoms with van der Waals surface area (Å²) < 4.78 is 47.4. The lowest BCUT2D eigenvalue weighted by Crippen LogP contribution is -2.18. The molecule has 6 nitrogen and oxygen atoms in total. The Morgan fingerprint density at radius 3 is 2.40 bits per heavy atom. The van der Waals surface area contributed by atoms with Crippen LogP contribution in [-0.4, -0.2) is 26.4 Å². The van der Waals surface area contributed by atoms with Gasteiger partial charge in [0.05, 0.1) is 17.0 Å². The van der Waals surface area contributed by atoms with Crippen molar-refractivity contribution in [1.29, 1.82) is 0 Å². The number of nitrogens with zero attached hydrogens (tertiary/aromatic N) is 3. The van der Waals surface area contributed by atoms with E-state index < -0.39 is 17.6 Å². The molecule has 1 amide bonds. The summed E-state index contributed by atoms with van der Waals surface area (Å²) in [7, 11) is 0. The summed E-state index contributed by atoms with van der Waals surface area (Å²) in [6.07, 6.45) is -4.57. The van der Waals surface area contributed by atoms with E-state index in [1.54, 1.807) is 4.57 Å². The molecule has 4 aromatic rings. The number of para-hydroxylation sites is 3. The maximum atomic E-state index is 13.2. The van der Waals surface area contributed by atoms with Gasteiger partial charge < -0.3 is 10.1 Å². The quantitative estimate of drug-likeness (QED) is 0.306. The van der Waals surface area contributed by atoms with Gasteiger partial charge in [-0.15, -0.1) is 10.2 Å². The summed E-state index contributed by atoms with van der Waals surface area (Å²) in [5, 5.41) is 11.2. The van der Waals surface area contributed by atoms with Crippen molar-refractivity contribution in [3.05, 3.63) is 95.8 Å². The summed E-state index contributed by atoms with van der Waals surface area (Å²) >= 11 is 1.07. The summed E-state index contributed by atoms with van der Waals surface area (Å²) in [6.45, 7) is 2.08. The van der Waals surface area contributed by atoms with Crippen molar-refractivity contribution >= 4 is 23.4 Å². The molecule has 0 aliphatic heterocycles. The zero-order valence-corrected chi connectivity index (χ0v) is 19.4. The molecule has 1 heterocycles. The minimum Gasteiger partial charge on any atom is -0.485 e. The monoisotopic (exact) mass is 498 g/mol. The Morgan fingerprint density at radius 2 is 1.66 bits per heavy atom. The zero-order chi connectivity index (χ0) is 24.8. The molecule has 0 unspecified atom stereocenters. The molecule has 0 spiro atoms. The van der Waals surface area contributed by atoms with E-state index in [1.165, 1.54) is 18.2 Å². The molecule has 35 heavy (non-hydrogen) atoms. The molecule has 0 atom stereocenters. The fraction of sp³-hybridized carbons (Fsp3) is 0.160. The second kappa shape index (κ2) is 10.6. The number of halogens is 3. The number of carbonyl (C=O) groups is 1. The predicted octanol–water partition coefficient (Wildman–Crippen LogP) is 5.90. The third-order valence-corrected chi connectivity index (χ3v) is 5.93. The van der Waals surface area contributed by atoms with Crippen molar-refractivity contribution in [3.8, 4) is 11.4 Å². The molecule has 10 heteroatoms. The summed E-state index contributed by atoms with van der Waals surface area (Å²) in [5.41, 5.74) is 0.554. The second-order valence-corrected chi connectivity index (χ2v) is 8.45. The van der Waals surface area contributed by atoms with E-state index in [9.17, 15) is 18.0 Å². The number of hydrogen-bond donors (Lipinski definition) is 1. The maximum absolute atomic E-state index is 13.2. The van der Waals surface area contributed by atoms with Crippen molar-refractivity contribution in [2.45, 2.75) is 24.9 Å². The van der Waals surface area contributed by atoms with Crippen LogP contribution in [0.3, 0.4) is 0 Å². The normalized spacial score (nSPS) is 11.3. The van der Waals surface area contributed by atoms with E-state index in [2.05, 4.69) is 15.5 Å². The van der Waals surface area contributed by atoms with Crippen molar-refractivity contribution < 1.29 is 22.7 Å². The van der Waals surface area contributed by atoms with E-state index >= 15 is 0 Å². The molecule has 0 aliphatic carbocycles. The highest BCUT2D eigenvalue weighted by atomic mass is 32.2. The minimum absolute atomic E-state index is 0.137. The number of ether oxygens (including phenoxy) is 1. The molecule has 0 aliphatic rings. The van der Waals surface area contributed by atoms with Crippen molar-refractivity contribution in [2.75, 3.05) is 11.1 Å². The van der Waals surface area contributed by atoms with Gasteiger partial charge in [0.15, 0.2) is 11.0 Å². The number of anilines is 1. The molecule has 0 radical (unpaired) electrons. The summed E-state index contributed by atoms with van der Waals surface area (Å²) in [4.78, 5) is 12.5. The smallest absolute Gasteiger partial charge is 0.418 e. The highest BCUT2D eigenvalue weighted by Crippen LogP contribution is 2.34. The Morgan fingerprint density at radius 1 is 0.971 bits per heavy atom.